The molecule has 2 unspecified atom stereocenters. The van der Waals surface area contributed by atoms with Crippen LogP contribution in [0.15, 0.2) is 0 Å². The molecular weight excluding hydrogens is 442 g/mol. The van der Waals surface area contributed by atoms with Gasteiger partial charge in [0.1, 0.15) is 0 Å². The first-order valence-corrected chi connectivity index (χ1v) is 17.7. The van der Waals surface area contributed by atoms with Gasteiger partial charge in [0.25, 0.3) is 0 Å². The third kappa shape index (κ3) is 3.95. The Morgan fingerprint density at radius 2 is 1.16 bits per heavy atom. The maximum atomic E-state index is 10.0. The van der Waals surface area contributed by atoms with Gasteiger partial charge in [-0.25, -0.2) is 0 Å². The summed E-state index contributed by atoms with van der Waals surface area (Å²) in [6.45, 7) is 5.19. The Hall–Kier alpha value is 1.04. The summed E-state index contributed by atoms with van der Waals surface area (Å²) in [6.07, 6.45) is 17.9. The second kappa shape index (κ2) is 8.59. The third-order valence-corrected chi connectivity index (χ3v) is 20.0. The number of hydrogen-bond donors (Lipinski definition) is 1. The van der Waals surface area contributed by atoms with Crippen molar-refractivity contribution in [3.8, 4) is 0 Å². The van der Waals surface area contributed by atoms with E-state index in [1.807, 2.05) is 0 Å². The molecule has 25 heavy (non-hydrogen) atoms. The van der Waals surface area contributed by atoms with E-state index in [0.29, 0.717) is 0 Å². The fraction of sp³-hybridized carbons (Fsp3) is 1.00. The van der Waals surface area contributed by atoms with E-state index in [2.05, 4.69) is 19.6 Å². The van der Waals surface area contributed by atoms with Crippen molar-refractivity contribution in [2.75, 3.05) is 13.3 Å². The summed E-state index contributed by atoms with van der Waals surface area (Å²) >= 11 is -1.23. The van der Waals surface area contributed by atoms with Crippen molar-refractivity contribution in [2.24, 2.45) is 0 Å². The molecule has 0 amide bonds. The van der Waals surface area contributed by atoms with Gasteiger partial charge in [-0.15, -0.1) is 0 Å². The predicted molar refractivity (Wildman–Crippen MR) is 118 cm³/mol. The van der Waals surface area contributed by atoms with Crippen LogP contribution >= 0.6 is 25.4 Å². The van der Waals surface area contributed by atoms with Crippen LogP contribution in [-0.4, -0.2) is 54.9 Å². The Balaban J connectivity index is 1.61. The van der Waals surface area contributed by atoms with E-state index < -0.39 is 19.8 Å². The van der Waals surface area contributed by atoms with Crippen molar-refractivity contribution in [3.05, 3.63) is 0 Å². The molecule has 4 aliphatic rings. The first-order valence-electron chi connectivity index (χ1n) is 10.8. The van der Waals surface area contributed by atoms with Crippen LogP contribution in [0.4, 0.5) is 0 Å². The van der Waals surface area contributed by atoms with Gasteiger partial charge in [-0.1, -0.05) is 0 Å². The summed E-state index contributed by atoms with van der Waals surface area (Å²) in [5.41, 5.74) is 0.168. The van der Waals surface area contributed by atoms with Gasteiger partial charge in [0.2, 0.25) is 0 Å². The molecule has 1 N–H and O–H groups in total. The fourth-order valence-electron chi connectivity index (χ4n) is 5.76. The maximum absolute atomic E-state index is 10.0. The Labute approximate surface area is 163 Å². The summed E-state index contributed by atoms with van der Waals surface area (Å²) in [5, 5.41) is 10.0. The predicted octanol–water partition coefficient (Wildman–Crippen LogP) is 5.54. The van der Waals surface area contributed by atoms with E-state index in [-0.39, 0.29) is 11.7 Å². The molecule has 4 fully saturated rings. The molecule has 1 heterocycles. The molecule has 0 aromatic carbocycles. The average Bonchev–Trinajstić information content (AvgIpc) is 2.99. The number of aliphatic hydroxyl groups excluding tert-OH is 1. The molecule has 0 aromatic rings. The molecule has 146 valence electrons. The van der Waals surface area contributed by atoms with Crippen molar-refractivity contribution in [1.82, 2.24) is 6.23 Å². The fourth-order valence-corrected chi connectivity index (χ4v) is 21.3. The Morgan fingerprint density at radius 3 is 1.68 bits per heavy atom. The van der Waals surface area contributed by atoms with Gasteiger partial charge in [0.15, 0.2) is 0 Å². The molecule has 0 spiro atoms. The molecule has 1 saturated heterocycles. The molecule has 3 nitrogen and oxygen atoms in total. The quantitative estimate of drug-likeness (QED) is 0.326. The number of halogens is 1. The van der Waals surface area contributed by atoms with Crippen molar-refractivity contribution in [2.45, 2.75) is 114 Å². The van der Waals surface area contributed by atoms with Gasteiger partial charge in [-0.3, -0.25) is 0 Å². The van der Waals surface area contributed by atoms with Crippen molar-refractivity contribution < 1.29 is 5.11 Å². The van der Waals surface area contributed by atoms with Crippen LogP contribution in [0.1, 0.15) is 83.5 Å². The van der Waals surface area contributed by atoms with Gasteiger partial charge < -0.3 is 0 Å². The molecule has 3 aliphatic carbocycles. The van der Waals surface area contributed by atoms with Crippen LogP contribution in [0, 0.1) is 0 Å². The molecule has 5 heteroatoms. The number of aliphatic hydroxyl groups is 1. The van der Waals surface area contributed by atoms with Crippen LogP contribution in [0.3, 0.4) is 0 Å². The number of rotatable bonds is 3. The monoisotopic (exact) mass is 480 g/mol. The zero-order valence-corrected chi connectivity index (χ0v) is 19.3. The standard InChI is InChI=1S/C20H38IN2OP/c1-25(2)21-22(16-8-4-3-5-9-16)19-10-6-7-11-20(19)23(21)17-12-14-18(24)15-13-17/h16-20,24H,3-15H2,1-2H3. The number of hydrogen-bond acceptors (Lipinski definition) is 3. The molecule has 3 saturated carbocycles. The van der Waals surface area contributed by atoms with Crippen molar-refractivity contribution in [1.29, 1.82) is 0 Å². The Morgan fingerprint density at radius 1 is 0.680 bits per heavy atom. The normalized spacial score (nSPS) is 40.6. The number of nitrogens with zero attached hydrogens (tertiary/aromatic N) is 2. The van der Waals surface area contributed by atoms with Crippen LogP contribution < -0.4 is 0 Å². The second-order valence-corrected chi connectivity index (χ2v) is 21.8. The second-order valence-electron chi connectivity index (χ2n) is 8.87. The third-order valence-electron chi connectivity index (χ3n) is 6.92. The summed E-state index contributed by atoms with van der Waals surface area (Å²) < 4.78 is 6.41. The SMILES string of the molecule is CP(C)I1N(C2CCCCC2)C2CCCCC2N1C1CCC(O)CC1. The zero-order chi connectivity index (χ0) is 17.4. The zero-order valence-electron chi connectivity index (χ0n) is 16.2. The van der Waals surface area contributed by atoms with Crippen LogP contribution in [0.25, 0.3) is 0 Å². The average molecular weight is 480 g/mol. The number of fused-ring (bicyclic) bond motifs is 1. The summed E-state index contributed by atoms with van der Waals surface area (Å²) in [4.78, 5) is 0. The first-order chi connectivity index (χ1) is 12.2. The van der Waals surface area contributed by atoms with Gasteiger partial charge in [0.05, 0.1) is 0 Å². The Bertz CT molecular complexity index is 437. The topological polar surface area (TPSA) is 26.7 Å². The van der Waals surface area contributed by atoms with Crippen LogP contribution in [0.5, 0.6) is 0 Å². The van der Waals surface area contributed by atoms with E-state index >= 15 is 0 Å². The molecular formula is C20H38IN2OP. The van der Waals surface area contributed by atoms with Gasteiger partial charge in [-0.05, 0) is 0 Å². The van der Waals surface area contributed by atoms with Crippen molar-refractivity contribution >= 4 is 25.4 Å². The van der Waals surface area contributed by atoms with Gasteiger partial charge >= 0.3 is 164 Å². The summed E-state index contributed by atoms with van der Waals surface area (Å²) in [7, 11) is 0. The molecule has 0 radical (unpaired) electrons. The summed E-state index contributed by atoms with van der Waals surface area (Å²) in [5.74, 6) is 0. The van der Waals surface area contributed by atoms with Gasteiger partial charge in [-0.2, -0.15) is 0 Å². The summed E-state index contributed by atoms with van der Waals surface area (Å²) in [6, 6.07) is 3.51. The molecule has 0 bridgehead atoms. The minimum absolute atomic E-state index is 0.0116. The molecule has 4 rings (SSSR count). The first kappa shape index (κ1) is 19.4. The molecule has 1 aliphatic heterocycles. The minimum atomic E-state index is -1.23. The molecule has 0 aromatic heterocycles. The molecule has 2 atom stereocenters. The van der Waals surface area contributed by atoms with E-state index in [1.165, 1.54) is 70.6 Å². The Kier molecular flexibility index (Phi) is 6.65. The van der Waals surface area contributed by atoms with Crippen molar-refractivity contribution in [3.63, 3.8) is 0 Å². The van der Waals surface area contributed by atoms with Crippen LogP contribution in [-0.2, 0) is 0 Å². The van der Waals surface area contributed by atoms with E-state index in [0.717, 1.165) is 37.0 Å². The van der Waals surface area contributed by atoms with E-state index in [9.17, 15) is 5.11 Å². The van der Waals surface area contributed by atoms with Crippen LogP contribution in [0.2, 0.25) is 0 Å². The van der Waals surface area contributed by atoms with Gasteiger partial charge in [0, 0.05) is 0 Å². The van der Waals surface area contributed by atoms with E-state index in [1.54, 1.807) is 0 Å². The van der Waals surface area contributed by atoms with E-state index in [4.69, 9.17) is 0 Å².